The minimum atomic E-state index is -1.65. The third-order valence-corrected chi connectivity index (χ3v) is 1.82. The molecule has 0 radical (unpaired) electrons. The molecule has 0 aliphatic heterocycles. The summed E-state index contributed by atoms with van der Waals surface area (Å²) in [6.45, 7) is 1.65. The molecular formula is C10H11F2NO2. The van der Waals surface area contributed by atoms with E-state index >= 15 is 0 Å². The predicted octanol–water partition coefficient (Wildman–Crippen LogP) is 2.36. The molecule has 0 bridgehead atoms. The molecule has 3 nitrogen and oxygen atoms in total. The van der Waals surface area contributed by atoms with E-state index in [1.54, 1.807) is 25.1 Å². The molecule has 0 amide bonds. The zero-order valence-corrected chi connectivity index (χ0v) is 8.19. The van der Waals surface area contributed by atoms with Crippen LogP contribution < -0.4 is 0 Å². The molecule has 1 aromatic rings. The first kappa shape index (κ1) is 11.6. The summed E-state index contributed by atoms with van der Waals surface area (Å²) in [7, 11) is 0. The lowest BCUT2D eigenvalue weighted by molar-refractivity contribution is -0.206. The van der Waals surface area contributed by atoms with Crippen LogP contribution in [0.25, 0.3) is 0 Å². The third kappa shape index (κ3) is 2.99. The molecule has 0 spiro atoms. The van der Waals surface area contributed by atoms with E-state index in [0.717, 1.165) is 0 Å². The van der Waals surface area contributed by atoms with Gasteiger partial charge >= 0.3 is 5.97 Å². The highest BCUT2D eigenvalue weighted by Crippen LogP contribution is 2.22. The van der Waals surface area contributed by atoms with Crippen LogP contribution in [0, 0.1) is 0 Å². The van der Waals surface area contributed by atoms with Gasteiger partial charge in [-0.3, -0.25) is 0 Å². The van der Waals surface area contributed by atoms with Gasteiger partial charge in [0.25, 0.3) is 0 Å². The summed E-state index contributed by atoms with van der Waals surface area (Å²) in [5, 5.41) is -1.15. The maximum Gasteiger partial charge on any atom is 0.333 e. The van der Waals surface area contributed by atoms with E-state index in [-0.39, 0.29) is 12.2 Å². The highest BCUT2D eigenvalue weighted by Gasteiger charge is 2.29. The normalized spacial score (nSPS) is 12.5. The molecule has 1 unspecified atom stereocenters. The van der Waals surface area contributed by atoms with Gasteiger partial charge in [0.1, 0.15) is 0 Å². The molecule has 0 aliphatic carbocycles. The summed E-state index contributed by atoms with van der Waals surface area (Å²) in [6, 6.07) is 6.12. The van der Waals surface area contributed by atoms with E-state index in [2.05, 4.69) is 4.74 Å². The van der Waals surface area contributed by atoms with Gasteiger partial charge < -0.3 is 4.74 Å². The average Bonchev–Trinajstić information content (AvgIpc) is 2.19. The van der Waals surface area contributed by atoms with E-state index in [9.17, 15) is 13.8 Å². The van der Waals surface area contributed by atoms with Crippen molar-refractivity contribution < 1.29 is 18.5 Å². The van der Waals surface area contributed by atoms with Gasteiger partial charge in [0.2, 0.25) is 0 Å². The molecule has 1 rings (SSSR count). The molecule has 0 fully saturated rings. The second kappa shape index (κ2) is 5.41. The predicted molar refractivity (Wildman–Crippen MR) is 49.9 cm³/mol. The Morgan fingerprint density at radius 1 is 1.40 bits per heavy atom. The van der Waals surface area contributed by atoms with Crippen LogP contribution in [0.3, 0.4) is 0 Å². The summed E-state index contributed by atoms with van der Waals surface area (Å²) in [5.41, 5.74) is 0.209. The Morgan fingerprint density at radius 3 is 2.47 bits per heavy atom. The van der Waals surface area contributed by atoms with Gasteiger partial charge in [-0.05, 0) is 12.5 Å². The molecular weight excluding hydrogens is 204 g/mol. The van der Waals surface area contributed by atoms with Crippen LogP contribution in [-0.4, -0.2) is 17.9 Å². The maximum atomic E-state index is 12.5. The van der Waals surface area contributed by atoms with Crippen LogP contribution >= 0.6 is 0 Å². The molecule has 0 N–H and O–H groups in total. The first-order valence-electron chi connectivity index (χ1n) is 4.49. The van der Waals surface area contributed by atoms with Crippen LogP contribution in [-0.2, 0) is 9.53 Å². The zero-order valence-electron chi connectivity index (χ0n) is 8.19. The molecule has 82 valence electrons. The molecule has 0 saturated heterocycles. The van der Waals surface area contributed by atoms with Crippen LogP contribution in [0.4, 0.5) is 8.96 Å². The summed E-state index contributed by atoms with van der Waals surface area (Å²) < 4.78 is 29.5. The Morgan fingerprint density at radius 2 is 2.00 bits per heavy atom. The molecule has 5 heteroatoms. The van der Waals surface area contributed by atoms with Crippen molar-refractivity contribution >= 4 is 5.97 Å². The van der Waals surface area contributed by atoms with Crippen LogP contribution in [0.15, 0.2) is 30.3 Å². The molecule has 1 atom stereocenters. The van der Waals surface area contributed by atoms with Gasteiger partial charge in [-0.25, -0.2) is 4.79 Å². The SMILES string of the molecule is CCOC(=O)C(c1ccccc1)N(F)F. The number of hydrogen-bond acceptors (Lipinski definition) is 3. The molecule has 1 aromatic carbocycles. The smallest absolute Gasteiger partial charge is 0.333 e. The number of rotatable bonds is 4. The van der Waals surface area contributed by atoms with Crippen molar-refractivity contribution in [3.05, 3.63) is 35.9 Å². The van der Waals surface area contributed by atoms with Crippen LogP contribution in [0.5, 0.6) is 0 Å². The lowest BCUT2D eigenvalue weighted by Crippen LogP contribution is -2.24. The number of esters is 1. The fourth-order valence-corrected chi connectivity index (χ4v) is 1.18. The van der Waals surface area contributed by atoms with Crippen molar-refractivity contribution in [3.63, 3.8) is 0 Å². The topological polar surface area (TPSA) is 29.5 Å². The standard InChI is InChI=1S/C10H11F2NO2/c1-2-15-10(14)9(13(11)12)8-6-4-3-5-7-8/h3-7,9H,2H2,1H3. The Bertz CT molecular complexity index is 316. The largest absolute Gasteiger partial charge is 0.464 e. The molecule has 0 saturated carbocycles. The van der Waals surface area contributed by atoms with Gasteiger partial charge in [0.15, 0.2) is 6.04 Å². The van der Waals surface area contributed by atoms with Gasteiger partial charge in [-0.1, -0.05) is 30.3 Å². The number of carbonyl (C=O) groups excluding carboxylic acids is 1. The Kier molecular flexibility index (Phi) is 4.17. The van der Waals surface area contributed by atoms with Gasteiger partial charge in [0.05, 0.1) is 6.61 Å². The Balaban J connectivity index is 2.88. The van der Waals surface area contributed by atoms with Crippen molar-refractivity contribution in [3.8, 4) is 0 Å². The van der Waals surface area contributed by atoms with Crippen molar-refractivity contribution in [1.29, 1.82) is 0 Å². The third-order valence-electron chi connectivity index (χ3n) is 1.82. The van der Waals surface area contributed by atoms with Crippen molar-refractivity contribution in [1.82, 2.24) is 5.34 Å². The van der Waals surface area contributed by atoms with Crippen molar-refractivity contribution in [2.75, 3.05) is 6.61 Å². The average molecular weight is 215 g/mol. The number of ether oxygens (including phenoxy) is 1. The highest BCUT2D eigenvalue weighted by molar-refractivity contribution is 5.77. The quantitative estimate of drug-likeness (QED) is 0.570. The van der Waals surface area contributed by atoms with Gasteiger partial charge in [0, 0.05) is 5.34 Å². The van der Waals surface area contributed by atoms with Crippen molar-refractivity contribution in [2.24, 2.45) is 0 Å². The lowest BCUT2D eigenvalue weighted by Gasteiger charge is -2.15. The summed E-state index contributed by atoms with van der Waals surface area (Å²) in [5.74, 6) is -0.950. The van der Waals surface area contributed by atoms with E-state index in [4.69, 9.17) is 0 Å². The number of benzene rings is 1. The first-order chi connectivity index (χ1) is 7.16. The summed E-state index contributed by atoms with van der Waals surface area (Å²) >= 11 is 0. The van der Waals surface area contributed by atoms with E-state index in [1.807, 2.05) is 0 Å². The van der Waals surface area contributed by atoms with Crippen LogP contribution in [0.1, 0.15) is 18.5 Å². The van der Waals surface area contributed by atoms with Gasteiger partial charge in [-0.2, -0.15) is 0 Å². The fourth-order valence-electron chi connectivity index (χ4n) is 1.18. The number of nitrogens with zero attached hydrogens (tertiary/aromatic N) is 1. The zero-order chi connectivity index (χ0) is 11.3. The van der Waals surface area contributed by atoms with Crippen molar-refractivity contribution in [2.45, 2.75) is 13.0 Å². The monoisotopic (exact) mass is 215 g/mol. The van der Waals surface area contributed by atoms with Crippen LogP contribution in [0.2, 0.25) is 0 Å². The lowest BCUT2D eigenvalue weighted by atomic mass is 10.1. The molecule has 15 heavy (non-hydrogen) atoms. The number of hydrogen-bond donors (Lipinski definition) is 0. The second-order valence-corrected chi connectivity index (χ2v) is 2.82. The molecule has 0 aliphatic rings. The minimum absolute atomic E-state index is 0.0794. The molecule has 0 heterocycles. The molecule has 0 aromatic heterocycles. The number of carbonyl (C=O) groups is 1. The maximum absolute atomic E-state index is 12.5. The second-order valence-electron chi connectivity index (χ2n) is 2.82. The highest BCUT2D eigenvalue weighted by atomic mass is 19.4. The van der Waals surface area contributed by atoms with E-state index in [0.29, 0.717) is 0 Å². The van der Waals surface area contributed by atoms with E-state index in [1.165, 1.54) is 12.1 Å². The summed E-state index contributed by atoms with van der Waals surface area (Å²) in [6.07, 6.45) is 0. The van der Waals surface area contributed by atoms with Gasteiger partial charge in [-0.15, -0.1) is 8.96 Å². The van der Waals surface area contributed by atoms with E-state index < -0.39 is 17.4 Å². The Hall–Kier alpha value is -1.49. The summed E-state index contributed by atoms with van der Waals surface area (Å²) in [4.78, 5) is 11.2. The Labute approximate surface area is 86.1 Å². The number of halogens is 2. The first-order valence-corrected chi connectivity index (χ1v) is 4.49. The minimum Gasteiger partial charge on any atom is -0.464 e. The fraction of sp³-hybridized carbons (Fsp3) is 0.300.